The van der Waals surface area contributed by atoms with Crippen LogP contribution in [0, 0.1) is 0 Å². The zero-order valence-electron chi connectivity index (χ0n) is 16.1. The van der Waals surface area contributed by atoms with E-state index in [9.17, 15) is 13.2 Å². The SMILES string of the molecule is COc1ccc(Cl)cc1C(=O)NCCc1ccc(Br)c(S(=O)(=O)/N=C/N(C)C)c1. The van der Waals surface area contributed by atoms with Crippen molar-refractivity contribution < 1.29 is 17.9 Å². The molecule has 1 N–H and O–H groups in total. The van der Waals surface area contributed by atoms with Crippen LogP contribution in [0.15, 0.2) is 50.2 Å². The van der Waals surface area contributed by atoms with Crippen LogP contribution in [0.2, 0.25) is 5.02 Å². The molecule has 7 nitrogen and oxygen atoms in total. The summed E-state index contributed by atoms with van der Waals surface area (Å²) in [5.41, 5.74) is 1.07. The summed E-state index contributed by atoms with van der Waals surface area (Å²) in [7, 11) is 0.996. The number of nitrogens with zero attached hydrogens (tertiary/aromatic N) is 2. The van der Waals surface area contributed by atoms with Gasteiger partial charge in [-0.05, 0) is 58.2 Å². The van der Waals surface area contributed by atoms with Crippen molar-refractivity contribution in [2.45, 2.75) is 11.3 Å². The van der Waals surface area contributed by atoms with Crippen molar-refractivity contribution in [3.8, 4) is 5.75 Å². The number of carbonyl (C=O) groups is 1. The van der Waals surface area contributed by atoms with E-state index < -0.39 is 10.0 Å². The summed E-state index contributed by atoms with van der Waals surface area (Å²) >= 11 is 9.21. The minimum Gasteiger partial charge on any atom is -0.496 e. The normalized spacial score (nSPS) is 11.5. The van der Waals surface area contributed by atoms with Crippen LogP contribution in [0.1, 0.15) is 15.9 Å². The number of rotatable bonds is 8. The highest BCUT2D eigenvalue weighted by molar-refractivity contribution is 9.10. The van der Waals surface area contributed by atoms with E-state index in [1.807, 2.05) is 0 Å². The molecule has 2 aromatic rings. The Kier molecular flexibility index (Phi) is 8.06. The van der Waals surface area contributed by atoms with Gasteiger partial charge in [0.05, 0.1) is 12.7 Å². The van der Waals surface area contributed by atoms with E-state index in [0.29, 0.717) is 33.8 Å². The number of hydrogen-bond donors (Lipinski definition) is 1. The van der Waals surface area contributed by atoms with Gasteiger partial charge < -0.3 is 15.0 Å². The zero-order chi connectivity index (χ0) is 21.6. The van der Waals surface area contributed by atoms with Crippen LogP contribution in [-0.4, -0.2) is 53.3 Å². The van der Waals surface area contributed by atoms with Crippen molar-refractivity contribution in [1.29, 1.82) is 0 Å². The molecule has 0 heterocycles. The van der Waals surface area contributed by atoms with E-state index in [0.717, 1.165) is 5.56 Å². The van der Waals surface area contributed by atoms with Crippen molar-refractivity contribution in [3.63, 3.8) is 0 Å². The van der Waals surface area contributed by atoms with E-state index in [1.54, 1.807) is 44.4 Å². The largest absolute Gasteiger partial charge is 0.496 e. The summed E-state index contributed by atoms with van der Waals surface area (Å²) in [4.78, 5) is 14.0. The lowest BCUT2D eigenvalue weighted by Crippen LogP contribution is -2.26. The van der Waals surface area contributed by atoms with E-state index in [4.69, 9.17) is 16.3 Å². The maximum Gasteiger partial charge on any atom is 0.284 e. The molecule has 0 atom stereocenters. The average Bonchev–Trinajstić information content (AvgIpc) is 2.67. The molecule has 10 heteroatoms. The number of benzene rings is 2. The minimum absolute atomic E-state index is 0.0657. The second kappa shape index (κ2) is 10.1. The first kappa shape index (κ1) is 23.2. The lowest BCUT2D eigenvalue weighted by atomic mass is 10.1. The Bertz CT molecular complexity index is 1030. The Morgan fingerprint density at radius 3 is 2.66 bits per heavy atom. The fraction of sp³-hybridized carbons (Fsp3) is 0.263. The highest BCUT2D eigenvalue weighted by Gasteiger charge is 2.17. The number of halogens is 2. The maximum atomic E-state index is 12.4. The standard InChI is InChI=1S/C19H21BrClN3O4S/c1-24(2)12-23-29(26,27)18-10-13(4-6-16(18)20)8-9-22-19(25)15-11-14(21)5-7-17(15)28-3/h4-7,10-12H,8-9H2,1-3H3,(H,22,25)/b23-12+. The van der Waals surface area contributed by atoms with Crippen LogP contribution in [0.5, 0.6) is 5.75 Å². The third-order valence-electron chi connectivity index (χ3n) is 3.80. The van der Waals surface area contributed by atoms with E-state index in [1.165, 1.54) is 24.4 Å². The molecule has 0 fully saturated rings. The molecule has 0 saturated carbocycles. The van der Waals surface area contributed by atoms with Gasteiger partial charge in [0.2, 0.25) is 0 Å². The Balaban J connectivity index is 2.11. The number of hydrogen-bond acceptors (Lipinski definition) is 4. The lowest BCUT2D eigenvalue weighted by molar-refractivity contribution is 0.0951. The predicted molar refractivity (Wildman–Crippen MR) is 118 cm³/mol. The quantitative estimate of drug-likeness (QED) is 0.442. The number of amides is 1. The van der Waals surface area contributed by atoms with Crippen LogP contribution in [0.3, 0.4) is 0 Å². The van der Waals surface area contributed by atoms with Gasteiger partial charge in [-0.25, -0.2) is 0 Å². The predicted octanol–water partition coefficient (Wildman–Crippen LogP) is 3.36. The van der Waals surface area contributed by atoms with Crippen LogP contribution >= 0.6 is 27.5 Å². The Morgan fingerprint density at radius 1 is 1.28 bits per heavy atom. The Hall–Kier alpha value is -2.10. The molecule has 0 saturated heterocycles. The number of methoxy groups -OCH3 is 1. The number of carbonyl (C=O) groups excluding carboxylic acids is 1. The lowest BCUT2D eigenvalue weighted by Gasteiger charge is -2.11. The average molecular weight is 503 g/mol. The van der Waals surface area contributed by atoms with Gasteiger partial charge in [-0.1, -0.05) is 17.7 Å². The molecule has 2 rings (SSSR count). The molecule has 0 radical (unpaired) electrons. The molecule has 1 amide bonds. The first-order valence-electron chi connectivity index (χ1n) is 8.51. The zero-order valence-corrected chi connectivity index (χ0v) is 19.3. The third kappa shape index (κ3) is 6.45. The van der Waals surface area contributed by atoms with Crippen LogP contribution < -0.4 is 10.1 Å². The molecule has 0 aliphatic carbocycles. The van der Waals surface area contributed by atoms with E-state index >= 15 is 0 Å². The van der Waals surface area contributed by atoms with Crippen LogP contribution in [0.4, 0.5) is 0 Å². The number of sulfonamides is 1. The van der Waals surface area contributed by atoms with Gasteiger partial charge >= 0.3 is 0 Å². The molecule has 0 aromatic heterocycles. The van der Waals surface area contributed by atoms with Crippen molar-refractivity contribution in [2.75, 3.05) is 27.7 Å². The van der Waals surface area contributed by atoms with Gasteiger partial charge in [0, 0.05) is 30.1 Å². The molecule has 0 aliphatic rings. The second-order valence-corrected chi connectivity index (χ2v) is 9.17. The van der Waals surface area contributed by atoms with Gasteiger partial charge in [0.15, 0.2) is 0 Å². The maximum absolute atomic E-state index is 12.4. The highest BCUT2D eigenvalue weighted by Crippen LogP contribution is 2.25. The smallest absolute Gasteiger partial charge is 0.284 e. The van der Waals surface area contributed by atoms with Gasteiger partial charge in [-0.3, -0.25) is 4.79 Å². The van der Waals surface area contributed by atoms with Gasteiger partial charge in [0.1, 0.15) is 17.0 Å². The molecule has 29 heavy (non-hydrogen) atoms. The molecule has 0 bridgehead atoms. The monoisotopic (exact) mass is 501 g/mol. The van der Waals surface area contributed by atoms with Gasteiger partial charge in [0.25, 0.3) is 15.9 Å². The molecule has 156 valence electrons. The Morgan fingerprint density at radius 2 is 2.00 bits per heavy atom. The summed E-state index contributed by atoms with van der Waals surface area (Å²) < 4.78 is 34.1. The molecular weight excluding hydrogens is 482 g/mol. The van der Waals surface area contributed by atoms with Crippen molar-refractivity contribution in [1.82, 2.24) is 10.2 Å². The molecule has 0 aliphatic heterocycles. The fourth-order valence-electron chi connectivity index (χ4n) is 2.39. The second-order valence-electron chi connectivity index (χ2n) is 6.27. The van der Waals surface area contributed by atoms with Crippen LogP contribution in [0.25, 0.3) is 0 Å². The van der Waals surface area contributed by atoms with Crippen LogP contribution in [-0.2, 0) is 16.4 Å². The summed E-state index contributed by atoms with van der Waals surface area (Å²) in [6.45, 7) is 0.302. The number of ether oxygens (including phenoxy) is 1. The van der Waals surface area contributed by atoms with Gasteiger partial charge in [-0.15, -0.1) is 4.40 Å². The molecule has 0 spiro atoms. The summed E-state index contributed by atoms with van der Waals surface area (Å²) in [6.07, 6.45) is 1.66. The minimum atomic E-state index is -3.84. The highest BCUT2D eigenvalue weighted by atomic mass is 79.9. The van der Waals surface area contributed by atoms with Crippen molar-refractivity contribution >= 4 is 49.8 Å². The summed E-state index contributed by atoms with van der Waals surface area (Å²) in [5.74, 6) is 0.0903. The van der Waals surface area contributed by atoms with Crippen molar-refractivity contribution in [2.24, 2.45) is 4.40 Å². The molecule has 2 aromatic carbocycles. The van der Waals surface area contributed by atoms with Crippen molar-refractivity contribution in [3.05, 3.63) is 57.0 Å². The first-order chi connectivity index (χ1) is 13.6. The number of nitrogens with one attached hydrogen (secondary N) is 1. The van der Waals surface area contributed by atoms with E-state index in [-0.39, 0.29) is 10.8 Å². The summed E-state index contributed by atoms with van der Waals surface area (Å²) in [6, 6.07) is 9.76. The summed E-state index contributed by atoms with van der Waals surface area (Å²) in [5, 5.41) is 3.22. The fourth-order valence-corrected chi connectivity index (χ4v) is 4.46. The third-order valence-corrected chi connectivity index (χ3v) is 6.25. The topological polar surface area (TPSA) is 88.1 Å². The first-order valence-corrected chi connectivity index (χ1v) is 11.1. The molecule has 0 unspecified atom stereocenters. The molecular formula is C19H21BrClN3O4S. The Labute approximate surface area is 183 Å². The van der Waals surface area contributed by atoms with E-state index in [2.05, 4.69) is 25.6 Å². The van der Waals surface area contributed by atoms with Gasteiger partial charge in [-0.2, -0.15) is 8.42 Å².